The fourth-order valence-corrected chi connectivity index (χ4v) is 3.77. The fourth-order valence-electron chi connectivity index (χ4n) is 2.07. The Morgan fingerprint density at radius 3 is 2.74 bits per heavy atom. The number of aromatic nitrogens is 2. The van der Waals surface area contributed by atoms with Crippen LogP contribution in [-0.2, 0) is 20.1 Å². The van der Waals surface area contributed by atoms with E-state index in [9.17, 15) is 14.4 Å². The Morgan fingerprint density at radius 2 is 2.07 bits per heavy atom. The number of nitrogens with one attached hydrogen (secondary N) is 2. The number of esters is 1. The van der Waals surface area contributed by atoms with E-state index in [0.29, 0.717) is 11.5 Å². The van der Waals surface area contributed by atoms with Crippen molar-refractivity contribution in [1.82, 2.24) is 15.3 Å². The van der Waals surface area contributed by atoms with E-state index in [1.165, 1.54) is 18.9 Å². The molecule has 4 N–H and O–H groups in total. The van der Waals surface area contributed by atoms with Crippen molar-refractivity contribution in [3.8, 4) is 0 Å². The van der Waals surface area contributed by atoms with Gasteiger partial charge in [0, 0.05) is 17.6 Å². The SMILES string of the molecule is COC(=O)[C@@H](CSCc1ccccc1)NC(=O)CSc1nc(N)cc(=O)[nH]1. The summed E-state index contributed by atoms with van der Waals surface area (Å²) in [6, 6.07) is 10.2. The van der Waals surface area contributed by atoms with Crippen LogP contribution in [0.4, 0.5) is 5.82 Å². The standard InChI is InChI=1S/C17H20N4O4S2/c1-25-16(24)12(9-26-8-11-5-3-2-4-6-11)19-15(23)10-27-17-20-13(18)7-14(22)21-17/h2-7,12H,8-10H2,1H3,(H,19,23)(H3,18,20,21,22)/t12-/m1/s1. The highest BCUT2D eigenvalue weighted by Gasteiger charge is 2.21. The van der Waals surface area contributed by atoms with Crippen LogP contribution < -0.4 is 16.6 Å². The van der Waals surface area contributed by atoms with Crippen LogP contribution in [0.1, 0.15) is 5.56 Å². The Hall–Kier alpha value is -2.46. The van der Waals surface area contributed by atoms with Crippen LogP contribution in [-0.4, -0.2) is 46.5 Å². The topological polar surface area (TPSA) is 127 Å². The van der Waals surface area contributed by atoms with Gasteiger partial charge in [-0.05, 0) is 5.56 Å². The summed E-state index contributed by atoms with van der Waals surface area (Å²) in [4.78, 5) is 41.8. The van der Waals surface area contributed by atoms with Crippen molar-refractivity contribution in [3.05, 3.63) is 52.3 Å². The van der Waals surface area contributed by atoms with Gasteiger partial charge in [0.05, 0.1) is 12.9 Å². The maximum Gasteiger partial charge on any atom is 0.329 e. The second kappa shape index (κ2) is 10.6. The van der Waals surface area contributed by atoms with Gasteiger partial charge in [-0.25, -0.2) is 9.78 Å². The highest BCUT2D eigenvalue weighted by molar-refractivity contribution is 7.99. The van der Waals surface area contributed by atoms with Crippen LogP contribution in [0.3, 0.4) is 0 Å². The number of anilines is 1. The minimum absolute atomic E-state index is 0.0246. The quantitative estimate of drug-likeness (QED) is 0.319. The van der Waals surface area contributed by atoms with Gasteiger partial charge in [0.1, 0.15) is 11.9 Å². The molecule has 2 rings (SSSR count). The molecule has 0 radical (unpaired) electrons. The first-order valence-electron chi connectivity index (χ1n) is 7.96. The maximum atomic E-state index is 12.2. The number of carbonyl (C=O) groups excluding carboxylic acids is 2. The third-order valence-electron chi connectivity index (χ3n) is 3.30. The van der Waals surface area contributed by atoms with Crippen molar-refractivity contribution in [2.45, 2.75) is 17.0 Å². The van der Waals surface area contributed by atoms with Crippen LogP contribution in [0.25, 0.3) is 0 Å². The Morgan fingerprint density at radius 1 is 1.33 bits per heavy atom. The molecular formula is C17H20N4O4S2. The molecule has 1 amide bonds. The summed E-state index contributed by atoms with van der Waals surface area (Å²) in [5, 5.41) is 2.89. The number of ether oxygens (including phenoxy) is 1. The normalized spacial score (nSPS) is 11.6. The molecule has 1 atom stereocenters. The number of H-pyrrole nitrogens is 1. The van der Waals surface area contributed by atoms with Gasteiger partial charge in [0.2, 0.25) is 5.91 Å². The minimum atomic E-state index is -0.760. The summed E-state index contributed by atoms with van der Waals surface area (Å²) in [7, 11) is 1.28. The zero-order valence-corrected chi connectivity index (χ0v) is 16.3. The molecule has 8 nitrogen and oxygen atoms in total. The highest BCUT2D eigenvalue weighted by atomic mass is 32.2. The molecule has 0 aliphatic heterocycles. The number of aromatic amines is 1. The number of methoxy groups -OCH3 is 1. The minimum Gasteiger partial charge on any atom is -0.467 e. The zero-order chi connectivity index (χ0) is 19.6. The van der Waals surface area contributed by atoms with Crippen LogP contribution >= 0.6 is 23.5 Å². The molecule has 0 aliphatic carbocycles. The average molecular weight is 409 g/mol. The number of nitrogens with two attached hydrogens (primary N) is 1. The molecule has 27 heavy (non-hydrogen) atoms. The number of hydrogen-bond acceptors (Lipinski definition) is 8. The van der Waals surface area contributed by atoms with Gasteiger partial charge < -0.3 is 20.8 Å². The number of hydrogen-bond donors (Lipinski definition) is 3. The van der Waals surface area contributed by atoms with Crippen molar-refractivity contribution in [2.75, 3.05) is 24.3 Å². The second-order valence-corrected chi connectivity index (χ2v) is 7.40. The van der Waals surface area contributed by atoms with E-state index in [4.69, 9.17) is 10.5 Å². The van der Waals surface area contributed by atoms with E-state index >= 15 is 0 Å². The van der Waals surface area contributed by atoms with Crippen LogP contribution in [0.15, 0.2) is 46.3 Å². The first kappa shape index (κ1) is 20.8. The number of thioether (sulfide) groups is 2. The maximum absolute atomic E-state index is 12.2. The molecular weight excluding hydrogens is 388 g/mol. The van der Waals surface area contributed by atoms with Gasteiger partial charge in [0.15, 0.2) is 5.16 Å². The monoisotopic (exact) mass is 408 g/mol. The average Bonchev–Trinajstić information content (AvgIpc) is 2.65. The lowest BCUT2D eigenvalue weighted by Gasteiger charge is -2.16. The summed E-state index contributed by atoms with van der Waals surface area (Å²) in [6.45, 7) is 0. The molecule has 0 fully saturated rings. The third-order valence-corrected chi connectivity index (χ3v) is 5.28. The number of benzene rings is 1. The molecule has 0 bridgehead atoms. The number of nitrogens with zero attached hydrogens (tertiary/aromatic N) is 1. The molecule has 2 aromatic rings. The summed E-state index contributed by atoms with van der Waals surface area (Å²) < 4.78 is 4.76. The van der Waals surface area contributed by atoms with E-state index < -0.39 is 17.6 Å². The molecule has 1 heterocycles. The third kappa shape index (κ3) is 7.35. The Balaban J connectivity index is 1.85. The Labute approximate surface area is 164 Å². The Kier molecular flexibility index (Phi) is 8.21. The summed E-state index contributed by atoms with van der Waals surface area (Å²) >= 11 is 2.54. The first-order chi connectivity index (χ1) is 13.0. The number of carbonyl (C=O) groups is 2. The van der Waals surface area contributed by atoms with E-state index in [-0.39, 0.29) is 22.6 Å². The van der Waals surface area contributed by atoms with Crippen LogP contribution in [0.5, 0.6) is 0 Å². The van der Waals surface area contributed by atoms with E-state index in [2.05, 4.69) is 15.3 Å². The van der Waals surface area contributed by atoms with Gasteiger partial charge in [0.25, 0.3) is 5.56 Å². The van der Waals surface area contributed by atoms with Crippen molar-refractivity contribution in [2.24, 2.45) is 0 Å². The lowest BCUT2D eigenvalue weighted by Crippen LogP contribution is -2.44. The number of rotatable bonds is 9. The largest absolute Gasteiger partial charge is 0.467 e. The predicted octanol–water partition coefficient (Wildman–Crippen LogP) is 1.04. The van der Waals surface area contributed by atoms with Gasteiger partial charge in [-0.15, -0.1) is 0 Å². The lowest BCUT2D eigenvalue weighted by atomic mass is 10.2. The molecule has 10 heteroatoms. The summed E-state index contributed by atoms with van der Waals surface area (Å²) in [6.07, 6.45) is 0. The molecule has 0 aliphatic rings. The highest BCUT2D eigenvalue weighted by Crippen LogP contribution is 2.14. The van der Waals surface area contributed by atoms with E-state index in [0.717, 1.165) is 23.4 Å². The van der Waals surface area contributed by atoms with Gasteiger partial charge in [-0.3, -0.25) is 9.59 Å². The molecule has 0 unspecified atom stereocenters. The predicted molar refractivity (Wildman–Crippen MR) is 107 cm³/mol. The van der Waals surface area contributed by atoms with Crippen LogP contribution in [0, 0.1) is 0 Å². The first-order valence-corrected chi connectivity index (χ1v) is 10.1. The smallest absolute Gasteiger partial charge is 0.329 e. The molecule has 0 saturated heterocycles. The lowest BCUT2D eigenvalue weighted by molar-refractivity contribution is -0.144. The zero-order valence-electron chi connectivity index (χ0n) is 14.6. The molecule has 1 aromatic carbocycles. The Bertz CT molecular complexity index is 829. The molecule has 1 aromatic heterocycles. The van der Waals surface area contributed by atoms with Crippen molar-refractivity contribution >= 4 is 41.2 Å². The number of nitrogen functional groups attached to an aromatic ring is 1. The van der Waals surface area contributed by atoms with Crippen molar-refractivity contribution < 1.29 is 14.3 Å². The van der Waals surface area contributed by atoms with Gasteiger partial charge in [-0.2, -0.15) is 11.8 Å². The summed E-state index contributed by atoms with van der Waals surface area (Å²) in [5.41, 5.74) is 6.23. The molecule has 0 saturated carbocycles. The molecule has 144 valence electrons. The van der Waals surface area contributed by atoms with E-state index in [1.54, 1.807) is 0 Å². The number of amides is 1. The van der Waals surface area contributed by atoms with E-state index in [1.807, 2.05) is 30.3 Å². The second-order valence-electron chi connectivity index (χ2n) is 5.41. The molecule has 0 spiro atoms. The summed E-state index contributed by atoms with van der Waals surface area (Å²) in [5.74, 6) is 0.263. The van der Waals surface area contributed by atoms with Crippen LogP contribution in [0.2, 0.25) is 0 Å². The van der Waals surface area contributed by atoms with Gasteiger partial charge in [-0.1, -0.05) is 42.1 Å². The van der Waals surface area contributed by atoms with Crippen molar-refractivity contribution in [3.63, 3.8) is 0 Å². The van der Waals surface area contributed by atoms with Gasteiger partial charge >= 0.3 is 5.97 Å². The van der Waals surface area contributed by atoms with Crippen molar-refractivity contribution in [1.29, 1.82) is 0 Å². The fraction of sp³-hybridized carbons (Fsp3) is 0.294.